The van der Waals surface area contributed by atoms with Crippen molar-refractivity contribution in [2.75, 3.05) is 39.3 Å². The Kier molecular flexibility index (Phi) is 7.64. The summed E-state index contributed by atoms with van der Waals surface area (Å²) >= 11 is 0. The van der Waals surface area contributed by atoms with Gasteiger partial charge in [-0.05, 0) is 18.1 Å². The van der Waals surface area contributed by atoms with Crippen LogP contribution in [0.1, 0.15) is 49.9 Å². The highest BCUT2D eigenvalue weighted by Crippen LogP contribution is 2.27. The number of nitrogens with one attached hydrogen (secondary N) is 1. The monoisotopic (exact) mass is 448 g/mol. The Morgan fingerprint density at radius 1 is 1.29 bits per heavy atom. The Hall–Kier alpha value is -2.07. The van der Waals surface area contributed by atoms with E-state index in [4.69, 9.17) is 9.72 Å². The van der Waals surface area contributed by atoms with Crippen LogP contribution >= 0.6 is 0 Å². The fourth-order valence-electron chi connectivity index (χ4n) is 3.67. The van der Waals surface area contributed by atoms with E-state index in [0.717, 1.165) is 5.39 Å². The molecule has 170 valence electrons. The highest BCUT2D eigenvalue weighted by molar-refractivity contribution is 7.86. The van der Waals surface area contributed by atoms with E-state index in [-0.39, 0.29) is 19.1 Å². The van der Waals surface area contributed by atoms with Crippen LogP contribution in [0, 0.1) is 5.92 Å². The number of para-hydroxylation sites is 1. The maximum Gasteiger partial charge on any atom is 0.282 e. The third-order valence-corrected chi connectivity index (χ3v) is 7.52. The first-order valence-electron chi connectivity index (χ1n) is 10.8. The summed E-state index contributed by atoms with van der Waals surface area (Å²) in [6.45, 7) is 9.85. The molecule has 0 bridgehead atoms. The Labute approximate surface area is 184 Å². The van der Waals surface area contributed by atoms with Gasteiger partial charge in [0.1, 0.15) is 6.10 Å². The smallest absolute Gasteiger partial charge is 0.282 e. The Morgan fingerprint density at radius 3 is 2.68 bits per heavy atom. The predicted molar refractivity (Wildman–Crippen MR) is 121 cm³/mol. The minimum atomic E-state index is -3.57. The van der Waals surface area contributed by atoms with Gasteiger partial charge in [-0.1, -0.05) is 45.9 Å². The topological polar surface area (TPSA) is 91.8 Å². The number of morpholine rings is 1. The van der Waals surface area contributed by atoms with Crippen LogP contribution in [0.3, 0.4) is 0 Å². The summed E-state index contributed by atoms with van der Waals surface area (Å²) in [5.74, 6) is 0.161. The molecular weight excluding hydrogens is 416 g/mol. The Morgan fingerprint density at radius 2 is 2.00 bits per heavy atom. The molecule has 8 nitrogen and oxygen atoms in total. The molecule has 1 aromatic heterocycles. The predicted octanol–water partition coefficient (Wildman–Crippen LogP) is 2.58. The zero-order chi connectivity index (χ0) is 22.6. The third-order valence-electron chi connectivity index (χ3n) is 5.37. The fourth-order valence-corrected chi connectivity index (χ4v) is 5.28. The van der Waals surface area contributed by atoms with Crippen LogP contribution in [0.15, 0.2) is 30.3 Å². The number of hydrogen-bond acceptors (Lipinski definition) is 5. The molecule has 1 N–H and O–H groups in total. The molecule has 0 spiro atoms. The van der Waals surface area contributed by atoms with Gasteiger partial charge < -0.3 is 10.1 Å². The molecule has 9 heteroatoms. The SMILES string of the molecule is CCN(CC)S(=O)(=O)N1CCO[C@@H](c2cc(C(=O)NCC(C)C)c3ccccc3n2)C1. The molecule has 0 aliphatic carbocycles. The molecule has 0 unspecified atom stereocenters. The van der Waals surface area contributed by atoms with Gasteiger partial charge in [-0.15, -0.1) is 0 Å². The second kappa shape index (κ2) is 10.0. The quantitative estimate of drug-likeness (QED) is 0.670. The van der Waals surface area contributed by atoms with Gasteiger partial charge in [0.2, 0.25) is 0 Å². The van der Waals surface area contributed by atoms with Gasteiger partial charge in [0.25, 0.3) is 16.1 Å². The summed E-state index contributed by atoms with van der Waals surface area (Å²) in [5, 5.41) is 3.72. The Balaban J connectivity index is 1.94. The van der Waals surface area contributed by atoms with E-state index in [1.807, 2.05) is 52.0 Å². The summed E-state index contributed by atoms with van der Waals surface area (Å²) in [6, 6.07) is 9.20. The number of rotatable bonds is 8. The van der Waals surface area contributed by atoms with Crippen molar-refractivity contribution in [3.63, 3.8) is 0 Å². The average Bonchev–Trinajstić information content (AvgIpc) is 2.77. The van der Waals surface area contributed by atoms with E-state index in [1.54, 1.807) is 6.07 Å². The average molecular weight is 449 g/mol. The lowest BCUT2D eigenvalue weighted by molar-refractivity contribution is -0.00644. The van der Waals surface area contributed by atoms with Gasteiger partial charge >= 0.3 is 0 Å². The fraction of sp³-hybridized carbons (Fsp3) is 0.545. The highest BCUT2D eigenvalue weighted by atomic mass is 32.2. The van der Waals surface area contributed by atoms with Crippen molar-refractivity contribution < 1.29 is 17.9 Å². The highest BCUT2D eigenvalue weighted by Gasteiger charge is 2.34. The molecule has 1 aromatic carbocycles. The molecule has 2 aromatic rings. The zero-order valence-electron chi connectivity index (χ0n) is 18.7. The van der Waals surface area contributed by atoms with Gasteiger partial charge in [0.15, 0.2) is 0 Å². The molecule has 0 saturated carbocycles. The van der Waals surface area contributed by atoms with Gasteiger partial charge in [0, 0.05) is 38.1 Å². The molecular formula is C22H32N4O4S. The largest absolute Gasteiger partial charge is 0.369 e. The van der Waals surface area contributed by atoms with Crippen molar-refractivity contribution >= 4 is 27.0 Å². The summed E-state index contributed by atoms with van der Waals surface area (Å²) in [6.07, 6.45) is -0.541. The second-order valence-electron chi connectivity index (χ2n) is 8.03. The number of benzene rings is 1. The number of fused-ring (bicyclic) bond motifs is 1. The van der Waals surface area contributed by atoms with Gasteiger partial charge in [0.05, 0.1) is 23.4 Å². The van der Waals surface area contributed by atoms with Crippen molar-refractivity contribution in [1.82, 2.24) is 18.9 Å². The summed E-state index contributed by atoms with van der Waals surface area (Å²) in [4.78, 5) is 17.6. The summed E-state index contributed by atoms with van der Waals surface area (Å²) in [7, 11) is -3.57. The molecule has 1 atom stereocenters. The molecule has 1 amide bonds. The van der Waals surface area contributed by atoms with Crippen LogP contribution in [-0.4, -0.2) is 67.3 Å². The van der Waals surface area contributed by atoms with Crippen molar-refractivity contribution in [3.05, 3.63) is 41.6 Å². The van der Waals surface area contributed by atoms with Gasteiger partial charge in [-0.2, -0.15) is 17.0 Å². The van der Waals surface area contributed by atoms with Crippen LogP contribution in [0.2, 0.25) is 0 Å². The number of pyridine rings is 1. The van der Waals surface area contributed by atoms with Crippen LogP contribution in [0.25, 0.3) is 10.9 Å². The maximum atomic E-state index is 13.0. The molecule has 1 aliphatic heterocycles. The standard InChI is InChI=1S/C22H32N4O4S/c1-5-25(6-2)31(28,29)26-11-12-30-21(15-26)20-13-18(22(27)23-14-16(3)4)17-9-7-8-10-19(17)24-20/h7-10,13,16,21H,5-6,11-12,14-15H2,1-4H3,(H,23,27)/t21-/m1/s1. The minimum Gasteiger partial charge on any atom is -0.369 e. The van der Waals surface area contributed by atoms with Crippen LogP contribution < -0.4 is 5.32 Å². The molecule has 1 saturated heterocycles. The minimum absolute atomic E-state index is 0.164. The first-order valence-corrected chi connectivity index (χ1v) is 12.2. The lowest BCUT2D eigenvalue weighted by Crippen LogP contribution is -2.49. The number of carbonyl (C=O) groups is 1. The number of ether oxygens (including phenoxy) is 1. The van der Waals surface area contributed by atoms with Crippen molar-refractivity contribution in [1.29, 1.82) is 0 Å². The third kappa shape index (κ3) is 5.23. The molecule has 1 aliphatic rings. The van der Waals surface area contributed by atoms with E-state index in [0.29, 0.717) is 48.9 Å². The van der Waals surface area contributed by atoms with Crippen LogP contribution in [0.4, 0.5) is 0 Å². The molecule has 1 fully saturated rings. The molecule has 3 rings (SSSR count). The Bertz CT molecular complexity index is 1020. The van der Waals surface area contributed by atoms with Crippen LogP contribution in [-0.2, 0) is 14.9 Å². The maximum absolute atomic E-state index is 13.0. The van der Waals surface area contributed by atoms with Crippen molar-refractivity contribution in [3.8, 4) is 0 Å². The second-order valence-corrected chi connectivity index (χ2v) is 9.95. The number of aromatic nitrogens is 1. The van der Waals surface area contributed by atoms with Gasteiger partial charge in [-0.3, -0.25) is 4.79 Å². The van der Waals surface area contributed by atoms with E-state index >= 15 is 0 Å². The number of hydrogen-bond donors (Lipinski definition) is 1. The lowest BCUT2D eigenvalue weighted by atomic mass is 10.0. The number of nitrogens with zero attached hydrogens (tertiary/aromatic N) is 3. The van der Waals surface area contributed by atoms with E-state index < -0.39 is 16.3 Å². The summed E-state index contributed by atoms with van der Waals surface area (Å²) < 4.78 is 34.7. The summed E-state index contributed by atoms with van der Waals surface area (Å²) in [5.41, 5.74) is 1.77. The first kappa shape index (κ1) is 23.6. The normalized spacial score (nSPS) is 18.1. The molecule has 0 radical (unpaired) electrons. The lowest BCUT2D eigenvalue weighted by Gasteiger charge is -2.35. The molecule has 2 heterocycles. The van der Waals surface area contributed by atoms with Crippen molar-refractivity contribution in [2.24, 2.45) is 5.92 Å². The van der Waals surface area contributed by atoms with Gasteiger partial charge in [-0.25, -0.2) is 4.98 Å². The first-order chi connectivity index (χ1) is 14.8. The zero-order valence-corrected chi connectivity index (χ0v) is 19.5. The van der Waals surface area contributed by atoms with Crippen LogP contribution in [0.5, 0.6) is 0 Å². The van der Waals surface area contributed by atoms with Crippen molar-refractivity contribution in [2.45, 2.75) is 33.8 Å². The van der Waals surface area contributed by atoms with E-state index in [2.05, 4.69) is 5.32 Å². The number of carbonyl (C=O) groups excluding carboxylic acids is 1. The number of amides is 1. The van der Waals surface area contributed by atoms with E-state index in [9.17, 15) is 13.2 Å². The van der Waals surface area contributed by atoms with E-state index in [1.165, 1.54) is 8.61 Å². The molecule has 31 heavy (non-hydrogen) atoms.